The Hall–Kier alpha value is -0.870. The maximum atomic E-state index is 10.7. The van der Waals surface area contributed by atoms with E-state index < -0.39 is 0 Å². The van der Waals surface area contributed by atoms with Gasteiger partial charge in [0.25, 0.3) is 0 Å². The number of nitrogens with zero attached hydrogens (tertiary/aromatic N) is 3. The average Bonchev–Trinajstić information content (AvgIpc) is 2.97. The number of aliphatic hydroxyl groups excluding tert-OH is 1. The van der Waals surface area contributed by atoms with Crippen molar-refractivity contribution in [3.05, 3.63) is 18.0 Å². The normalized spacial score (nSPS) is 20.4. The Labute approximate surface area is 116 Å². The first kappa shape index (κ1) is 14.5. The van der Waals surface area contributed by atoms with E-state index in [1.54, 1.807) is 0 Å². The van der Waals surface area contributed by atoms with Gasteiger partial charge in [0.15, 0.2) is 0 Å². The molecule has 1 atom stereocenters. The summed E-state index contributed by atoms with van der Waals surface area (Å²) in [5.74, 6) is 0. The molecule has 19 heavy (non-hydrogen) atoms. The van der Waals surface area contributed by atoms with E-state index in [2.05, 4.69) is 37.9 Å². The molecule has 1 fully saturated rings. The van der Waals surface area contributed by atoms with Crippen LogP contribution in [0.1, 0.15) is 51.3 Å². The van der Waals surface area contributed by atoms with Gasteiger partial charge in [-0.15, -0.1) is 0 Å². The van der Waals surface area contributed by atoms with Gasteiger partial charge in [0.2, 0.25) is 0 Å². The van der Waals surface area contributed by atoms with Crippen molar-refractivity contribution in [2.75, 3.05) is 14.1 Å². The van der Waals surface area contributed by atoms with Crippen LogP contribution in [0.25, 0.3) is 0 Å². The minimum Gasteiger partial charge on any atom is -0.391 e. The molecular weight excluding hydrogens is 238 g/mol. The molecule has 0 aliphatic heterocycles. The monoisotopic (exact) mass is 265 g/mol. The summed E-state index contributed by atoms with van der Waals surface area (Å²) in [5.41, 5.74) is 0.941. The smallest absolute Gasteiger partial charge is 0.0779 e. The van der Waals surface area contributed by atoms with Crippen molar-refractivity contribution in [1.29, 1.82) is 0 Å². The number of hydrogen-bond donors (Lipinski definition) is 1. The Morgan fingerprint density at radius 2 is 2.00 bits per heavy atom. The highest BCUT2D eigenvalue weighted by Gasteiger charge is 2.42. The molecule has 1 aliphatic rings. The molecule has 1 unspecified atom stereocenters. The minimum absolute atomic E-state index is 0.0540. The standard InChI is InChI=1S/C15H27N3O/c1-12(2)18-10-7-13(16-18)11-14(19)15(17(3)4)8-5-6-9-15/h7,10,12,14,19H,5-6,8-9,11H2,1-4H3. The molecule has 4 nitrogen and oxygen atoms in total. The molecule has 1 heterocycles. The van der Waals surface area contributed by atoms with Gasteiger partial charge in [-0.3, -0.25) is 4.68 Å². The molecule has 0 aromatic carbocycles. The Kier molecular flexibility index (Phi) is 4.31. The quantitative estimate of drug-likeness (QED) is 0.887. The van der Waals surface area contributed by atoms with Gasteiger partial charge in [0.05, 0.1) is 11.8 Å². The van der Waals surface area contributed by atoms with Crippen molar-refractivity contribution in [2.24, 2.45) is 0 Å². The molecule has 0 spiro atoms. The summed E-state index contributed by atoms with van der Waals surface area (Å²) in [6, 6.07) is 2.40. The van der Waals surface area contributed by atoms with E-state index in [1.165, 1.54) is 12.8 Å². The maximum Gasteiger partial charge on any atom is 0.0779 e. The fourth-order valence-electron chi connectivity index (χ4n) is 3.23. The van der Waals surface area contributed by atoms with E-state index in [-0.39, 0.29) is 11.6 Å². The summed E-state index contributed by atoms with van der Waals surface area (Å²) in [6.45, 7) is 4.23. The van der Waals surface area contributed by atoms with Gasteiger partial charge in [0.1, 0.15) is 0 Å². The largest absolute Gasteiger partial charge is 0.391 e. The van der Waals surface area contributed by atoms with E-state index in [0.717, 1.165) is 18.5 Å². The van der Waals surface area contributed by atoms with Crippen LogP contribution < -0.4 is 0 Å². The van der Waals surface area contributed by atoms with Crippen molar-refractivity contribution < 1.29 is 5.11 Å². The Morgan fingerprint density at radius 1 is 1.37 bits per heavy atom. The third-order valence-electron chi connectivity index (χ3n) is 4.58. The second-order valence-electron chi connectivity index (χ2n) is 6.31. The first-order chi connectivity index (χ1) is 8.95. The van der Waals surface area contributed by atoms with Gasteiger partial charge in [-0.1, -0.05) is 12.8 Å². The number of likely N-dealkylation sites (N-methyl/N-ethyl adjacent to an activating group) is 1. The summed E-state index contributed by atoms with van der Waals surface area (Å²) in [5, 5.41) is 15.2. The molecule has 0 bridgehead atoms. The Balaban J connectivity index is 2.08. The number of hydrogen-bond acceptors (Lipinski definition) is 3. The summed E-state index contributed by atoms with van der Waals surface area (Å²) in [4.78, 5) is 2.21. The van der Waals surface area contributed by atoms with Crippen LogP contribution >= 0.6 is 0 Å². The number of aromatic nitrogens is 2. The van der Waals surface area contributed by atoms with Crippen molar-refractivity contribution in [3.8, 4) is 0 Å². The predicted molar refractivity (Wildman–Crippen MR) is 77.2 cm³/mol. The molecule has 1 aliphatic carbocycles. The minimum atomic E-state index is -0.333. The summed E-state index contributed by atoms with van der Waals surface area (Å²) in [7, 11) is 4.17. The number of aliphatic hydroxyl groups is 1. The van der Waals surface area contributed by atoms with E-state index in [0.29, 0.717) is 12.5 Å². The maximum absolute atomic E-state index is 10.7. The van der Waals surface area contributed by atoms with E-state index in [9.17, 15) is 5.11 Å². The lowest BCUT2D eigenvalue weighted by atomic mass is 9.86. The van der Waals surface area contributed by atoms with Gasteiger partial charge >= 0.3 is 0 Å². The van der Waals surface area contributed by atoms with Crippen LogP contribution in [0.2, 0.25) is 0 Å². The molecular formula is C15H27N3O. The second kappa shape index (κ2) is 5.63. The topological polar surface area (TPSA) is 41.3 Å². The lowest BCUT2D eigenvalue weighted by Crippen LogP contribution is -2.52. The van der Waals surface area contributed by atoms with E-state index in [4.69, 9.17) is 0 Å². The summed E-state index contributed by atoms with van der Waals surface area (Å²) < 4.78 is 1.96. The zero-order valence-electron chi connectivity index (χ0n) is 12.6. The van der Waals surface area contributed by atoms with Gasteiger partial charge < -0.3 is 10.0 Å². The molecule has 1 saturated carbocycles. The first-order valence-corrected chi connectivity index (χ1v) is 7.35. The fraction of sp³-hybridized carbons (Fsp3) is 0.800. The average molecular weight is 265 g/mol. The Morgan fingerprint density at radius 3 is 2.47 bits per heavy atom. The second-order valence-corrected chi connectivity index (χ2v) is 6.31. The molecule has 1 aromatic rings. The van der Waals surface area contributed by atoms with Crippen LogP contribution in [0.3, 0.4) is 0 Å². The van der Waals surface area contributed by atoms with Crippen LogP contribution in [-0.2, 0) is 6.42 Å². The van der Waals surface area contributed by atoms with E-state index >= 15 is 0 Å². The van der Waals surface area contributed by atoms with E-state index in [1.807, 2.05) is 16.9 Å². The highest BCUT2D eigenvalue weighted by molar-refractivity contribution is 5.07. The first-order valence-electron chi connectivity index (χ1n) is 7.35. The van der Waals surface area contributed by atoms with Crippen LogP contribution in [0.15, 0.2) is 12.3 Å². The molecule has 108 valence electrons. The zero-order valence-corrected chi connectivity index (χ0v) is 12.6. The lowest BCUT2D eigenvalue weighted by Gasteiger charge is -2.40. The number of rotatable bonds is 5. The predicted octanol–water partition coefficient (Wildman–Crippen LogP) is 2.24. The molecule has 1 N–H and O–H groups in total. The third kappa shape index (κ3) is 2.84. The molecule has 1 aromatic heterocycles. The molecule has 4 heteroatoms. The molecule has 2 rings (SSSR count). The highest BCUT2D eigenvalue weighted by atomic mass is 16.3. The van der Waals surface area contributed by atoms with Crippen molar-refractivity contribution in [3.63, 3.8) is 0 Å². The third-order valence-corrected chi connectivity index (χ3v) is 4.58. The zero-order chi connectivity index (χ0) is 14.0. The van der Waals surface area contributed by atoms with Crippen LogP contribution in [0.4, 0.5) is 0 Å². The van der Waals surface area contributed by atoms with Crippen molar-refractivity contribution >= 4 is 0 Å². The van der Waals surface area contributed by atoms with Crippen molar-refractivity contribution in [1.82, 2.24) is 14.7 Å². The van der Waals surface area contributed by atoms with Crippen LogP contribution in [0.5, 0.6) is 0 Å². The lowest BCUT2D eigenvalue weighted by molar-refractivity contribution is -0.00311. The van der Waals surface area contributed by atoms with Gasteiger partial charge in [-0.05, 0) is 46.9 Å². The van der Waals surface area contributed by atoms with Crippen LogP contribution in [0, 0.1) is 0 Å². The summed E-state index contributed by atoms with van der Waals surface area (Å²) in [6.07, 6.45) is 6.94. The summed E-state index contributed by atoms with van der Waals surface area (Å²) >= 11 is 0. The van der Waals surface area contributed by atoms with Crippen molar-refractivity contribution in [2.45, 2.75) is 63.6 Å². The Bertz CT molecular complexity index is 405. The highest BCUT2D eigenvalue weighted by Crippen LogP contribution is 2.37. The van der Waals surface area contributed by atoms with Gasteiger partial charge in [0, 0.05) is 24.2 Å². The van der Waals surface area contributed by atoms with Crippen LogP contribution in [-0.4, -0.2) is 45.5 Å². The fourth-order valence-corrected chi connectivity index (χ4v) is 3.23. The molecule has 0 saturated heterocycles. The molecule has 0 radical (unpaired) electrons. The van der Waals surface area contributed by atoms with Gasteiger partial charge in [-0.25, -0.2) is 0 Å². The molecule has 0 amide bonds. The SMILES string of the molecule is CC(C)n1ccc(CC(O)C2(N(C)C)CCCC2)n1. The van der Waals surface area contributed by atoms with Gasteiger partial charge in [-0.2, -0.15) is 5.10 Å².